The van der Waals surface area contributed by atoms with Gasteiger partial charge in [-0.1, -0.05) is 49.4 Å². The maximum absolute atomic E-state index is 14.6. The molecule has 0 saturated heterocycles. The number of thiol groups is 1. The van der Waals surface area contributed by atoms with E-state index in [9.17, 15) is 13.2 Å². The Balaban J connectivity index is 1.98. The first-order valence-corrected chi connectivity index (χ1v) is 11.2. The van der Waals surface area contributed by atoms with Crippen LogP contribution in [0.15, 0.2) is 60.7 Å². The Labute approximate surface area is 189 Å². The molecule has 0 nitrogen and oxygen atoms in total. The molecule has 0 radical (unpaired) electrons. The van der Waals surface area contributed by atoms with Crippen molar-refractivity contribution in [2.45, 2.75) is 63.0 Å². The van der Waals surface area contributed by atoms with Gasteiger partial charge >= 0.3 is 0 Å². The quantitative estimate of drug-likeness (QED) is 0.250. The van der Waals surface area contributed by atoms with Crippen LogP contribution < -0.4 is 0 Å². The molecule has 1 aromatic carbocycles. The minimum absolute atomic E-state index is 0.119. The summed E-state index contributed by atoms with van der Waals surface area (Å²) >= 11 is 10.8. The average molecular weight is 455 g/mol. The number of halogens is 4. The molecule has 2 unspecified atom stereocenters. The highest BCUT2D eigenvalue weighted by molar-refractivity contribution is 7.80. The molecule has 0 aliphatic heterocycles. The minimum atomic E-state index is -2.92. The third kappa shape index (κ3) is 7.09. The Morgan fingerprint density at radius 2 is 2.03 bits per heavy atom. The smallest absolute Gasteiger partial charge is 0.207 e. The molecule has 0 spiro atoms. The van der Waals surface area contributed by atoms with E-state index in [2.05, 4.69) is 25.8 Å². The van der Waals surface area contributed by atoms with Gasteiger partial charge in [-0.25, -0.2) is 13.2 Å². The first kappa shape index (κ1) is 24.9. The van der Waals surface area contributed by atoms with Gasteiger partial charge in [-0.2, -0.15) is 12.6 Å². The fraction of sp³-hybridized carbons (Fsp3) is 0.440. The summed E-state index contributed by atoms with van der Waals surface area (Å²) in [6.45, 7) is 9.64. The zero-order chi connectivity index (χ0) is 22.3. The number of rotatable bonds is 11. The summed E-state index contributed by atoms with van der Waals surface area (Å²) < 4.78 is 43.5. The average Bonchev–Trinajstić information content (AvgIpc) is 2.71. The van der Waals surface area contributed by atoms with Crippen molar-refractivity contribution in [3.8, 4) is 0 Å². The van der Waals surface area contributed by atoms with E-state index in [4.69, 9.17) is 11.6 Å². The Kier molecular flexibility index (Phi) is 9.36. The molecular formula is C25H30ClF3S. The lowest BCUT2D eigenvalue weighted by Gasteiger charge is -2.21. The monoisotopic (exact) mass is 454 g/mol. The second-order valence-corrected chi connectivity index (χ2v) is 8.97. The predicted octanol–water partition coefficient (Wildman–Crippen LogP) is 8.84. The van der Waals surface area contributed by atoms with Crippen LogP contribution >= 0.6 is 24.2 Å². The topological polar surface area (TPSA) is 0 Å². The molecule has 0 N–H and O–H groups in total. The van der Waals surface area contributed by atoms with E-state index in [1.807, 2.05) is 25.2 Å². The molecule has 1 aromatic rings. The first-order valence-electron chi connectivity index (χ1n) is 10.3. The van der Waals surface area contributed by atoms with Gasteiger partial charge in [0.05, 0.1) is 0 Å². The highest BCUT2D eigenvalue weighted by Crippen LogP contribution is 2.36. The molecule has 0 amide bonds. The molecule has 1 aliphatic rings. The van der Waals surface area contributed by atoms with E-state index < -0.39 is 18.2 Å². The van der Waals surface area contributed by atoms with Crippen LogP contribution in [0.3, 0.4) is 0 Å². The van der Waals surface area contributed by atoms with E-state index in [0.717, 1.165) is 24.8 Å². The standard InChI is InChI=1S/C25H30ClF3S/c1-4-8-18(3)24(30)20-15-22(26)21(23(27)16-20)12-14-25(28,29)13-11-17(2)19-9-6-5-7-10-19/h4,6,9-10,15-16,18,24,30H,1-2,5,7-8,11-14H2,3H3. The van der Waals surface area contributed by atoms with Crippen LogP contribution in [0.4, 0.5) is 13.2 Å². The second-order valence-electron chi connectivity index (χ2n) is 8.01. The number of allylic oxidation sites excluding steroid dienone is 6. The first-order chi connectivity index (χ1) is 14.1. The fourth-order valence-electron chi connectivity index (χ4n) is 3.54. The highest BCUT2D eigenvalue weighted by Gasteiger charge is 2.29. The van der Waals surface area contributed by atoms with E-state index in [1.54, 1.807) is 12.1 Å². The van der Waals surface area contributed by atoms with Crippen LogP contribution in [0.25, 0.3) is 0 Å². The van der Waals surface area contributed by atoms with Gasteiger partial charge in [0.2, 0.25) is 5.92 Å². The molecule has 5 heteroatoms. The lowest BCUT2D eigenvalue weighted by molar-refractivity contribution is -0.0154. The summed E-state index contributed by atoms with van der Waals surface area (Å²) in [5.74, 6) is -3.32. The zero-order valence-corrected chi connectivity index (χ0v) is 19.1. The molecule has 0 bridgehead atoms. The Bertz CT molecular complexity index is 803. The van der Waals surface area contributed by atoms with Crippen molar-refractivity contribution in [3.05, 3.63) is 82.7 Å². The SMILES string of the molecule is C=CCC(C)C(S)c1cc(F)c(CCC(F)(F)CCC(=C)C2=CCCC=C2)c(Cl)c1. The maximum atomic E-state index is 14.6. The Morgan fingerprint density at radius 1 is 1.30 bits per heavy atom. The maximum Gasteiger partial charge on any atom is 0.248 e. The summed E-state index contributed by atoms with van der Waals surface area (Å²) in [6.07, 6.45) is 9.72. The summed E-state index contributed by atoms with van der Waals surface area (Å²) in [5.41, 5.74) is 2.44. The van der Waals surface area contributed by atoms with Gasteiger partial charge in [0.15, 0.2) is 0 Å². The molecule has 0 heterocycles. The van der Waals surface area contributed by atoms with E-state index in [0.29, 0.717) is 11.1 Å². The van der Waals surface area contributed by atoms with Crippen LogP contribution in [0.5, 0.6) is 0 Å². The largest absolute Gasteiger partial charge is 0.248 e. The summed E-state index contributed by atoms with van der Waals surface area (Å²) in [5, 5.41) is -0.0350. The van der Waals surface area contributed by atoms with Gasteiger partial charge in [-0.05, 0) is 66.9 Å². The predicted molar refractivity (Wildman–Crippen MR) is 125 cm³/mol. The third-order valence-electron chi connectivity index (χ3n) is 5.52. The Hall–Kier alpha value is -1.39. The van der Waals surface area contributed by atoms with Crippen molar-refractivity contribution in [1.82, 2.24) is 0 Å². The summed E-state index contributed by atoms with van der Waals surface area (Å²) in [4.78, 5) is 0. The van der Waals surface area contributed by atoms with Crippen LogP contribution in [0.2, 0.25) is 5.02 Å². The lowest BCUT2D eigenvalue weighted by atomic mass is 9.93. The normalized spacial score (nSPS) is 16.1. The van der Waals surface area contributed by atoms with Gasteiger partial charge in [-0.15, -0.1) is 6.58 Å². The van der Waals surface area contributed by atoms with Gasteiger partial charge in [-0.3, -0.25) is 0 Å². The van der Waals surface area contributed by atoms with Crippen LogP contribution in [-0.4, -0.2) is 5.92 Å². The molecule has 30 heavy (non-hydrogen) atoms. The van der Waals surface area contributed by atoms with Gasteiger partial charge in [0.25, 0.3) is 0 Å². The van der Waals surface area contributed by atoms with Crippen molar-refractivity contribution in [1.29, 1.82) is 0 Å². The van der Waals surface area contributed by atoms with Crippen molar-refractivity contribution in [2.75, 3.05) is 0 Å². The van der Waals surface area contributed by atoms with Crippen LogP contribution in [-0.2, 0) is 6.42 Å². The second kappa shape index (κ2) is 11.3. The van der Waals surface area contributed by atoms with Crippen LogP contribution in [0, 0.1) is 11.7 Å². The summed E-state index contributed by atoms with van der Waals surface area (Å²) in [7, 11) is 0. The van der Waals surface area contributed by atoms with Crippen LogP contribution in [0.1, 0.15) is 61.8 Å². The van der Waals surface area contributed by atoms with Gasteiger partial charge < -0.3 is 0 Å². The van der Waals surface area contributed by atoms with Gasteiger partial charge in [0.1, 0.15) is 5.82 Å². The molecule has 2 atom stereocenters. The summed E-state index contributed by atoms with van der Waals surface area (Å²) in [6, 6.07) is 3.00. The molecular weight excluding hydrogens is 425 g/mol. The van der Waals surface area contributed by atoms with Crippen molar-refractivity contribution < 1.29 is 13.2 Å². The highest BCUT2D eigenvalue weighted by atomic mass is 35.5. The Morgan fingerprint density at radius 3 is 2.63 bits per heavy atom. The molecule has 1 aliphatic carbocycles. The molecule has 2 rings (SSSR count). The third-order valence-corrected chi connectivity index (χ3v) is 6.66. The van der Waals surface area contributed by atoms with E-state index in [1.165, 1.54) is 6.07 Å². The fourth-order valence-corrected chi connectivity index (χ4v) is 4.12. The number of alkyl halides is 2. The molecule has 0 aromatic heterocycles. The van der Waals surface area contributed by atoms with Crippen molar-refractivity contribution in [3.63, 3.8) is 0 Å². The zero-order valence-electron chi connectivity index (χ0n) is 17.4. The number of hydrogen-bond acceptors (Lipinski definition) is 1. The minimum Gasteiger partial charge on any atom is -0.207 e. The molecule has 0 fully saturated rings. The van der Waals surface area contributed by atoms with Crippen molar-refractivity contribution >= 4 is 24.2 Å². The lowest BCUT2D eigenvalue weighted by Crippen LogP contribution is -2.18. The number of benzene rings is 1. The molecule has 164 valence electrons. The van der Waals surface area contributed by atoms with Crippen molar-refractivity contribution in [2.24, 2.45) is 5.92 Å². The number of hydrogen-bond donors (Lipinski definition) is 1. The van der Waals surface area contributed by atoms with E-state index in [-0.39, 0.29) is 41.0 Å². The van der Waals surface area contributed by atoms with Gasteiger partial charge in [0, 0.05) is 28.7 Å². The van der Waals surface area contributed by atoms with E-state index >= 15 is 0 Å². The molecule has 0 saturated carbocycles.